The van der Waals surface area contributed by atoms with Gasteiger partial charge in [-0.25, -0.2) is 0 Å². The third-order valence-electron chi connectivity index (χ3n) is 3.82. The third kappa shape index (κ3) is 3.71. The zero-order valence-corrected chi connectivity index (χ0v) is 12.1. The van der Waals surface area contributed by atoms with E-state index in [2.05, 4.69) is 36.3 Å². The van der Waals surface area contributed by atoms with Gasteiger partial charge in [0, 0.05) is 17.6 Å². The molecule has 2 atom stereocenters. The largest absolute Gasteiger partial charge is 0.310 e. The van der Waals surface area contributed by atoms with Gasteiger partial charge in [0.25, 0.3) is 0 Å². The maximum Gasteiger partial charge on any atom is 0.0406 e. The first-order valence-corrected chi connectivity index (χ1v) is 7.24. The fourth-order valence-corrected chi connectivity index (χ4v) is 2.82. The first-order valence-electron chi connectivity index (χ1n) is 6.86. The van der Waals surface area contributed by atoms with Crippen molar-refractivity contribution in [2.45, 2.75) is 25.8 Å². The molecule has 2 unspecified atom stereocenters. The number of nitrogens with one attached hydrogen (secondary N) is 1. The van der Waals surface area contributed by atoms with E-state index in [0.29, 0.717) is 6.04 Å². The first-order chi connectivity index (χ1) is 8.69. The minimum absolute atomic E-state index is 0.452. The highest BCUT2D eigenvalue weighted by Gasteiger charge is 2.20. The van der Waals surface area contributed by atoms with Crippen LogP contribution in [0, 0.1) is 5.92 Å². The van der Waals surface area contributed by atoms with Crippen LogP contribution in [-0.4, -0.2) is 31.6 Å². The lowest BCUT2D eigenvalue weighted by Gasteiger charge is -2.20. The van der Waals surface area contributed by atoms with E-state index in [0.717, 1.165) is 23.9 Å². The molecule has 0 amide bonds. The van der Waals surface area contributed by atoms with Crippen molar-refractivity contribution in [2.24, 2.45) is 5.92 Å². The maximum atomic E-state index is 5.93. The fraction of sp³-hybridized carbons (Fsp3) is 0.600. The number of rotatable bonds is 5. The van der Waals surface area contributed by atoms with Crippen LogP contribution in [0.4, 0.5) is 0 Å². The van der Waals surface area contributed by atoms with Gasteiger partial charge in [-0.05, 0) is 56.6 Å². The average Bonchev–Trinajstić information content (AvgIpc) is 2.78. The lowest BCUT2D eigenvalue weighted by Crippen LogP contribution is -2.28. The van der Waals surface area contributed by atoms with E-state index in [1.807, 2.05) is 12.1 Å². The molecule has 0 aromatic heterocycles. The van der Waals surface area contributed by atoms with Gasteiger partial charge in [0.05, 0.1) is 0 Å². The van der Waals surface area contributed by atoms with Crippen LogP contribution in [0.5, 0.6) is 0 Å². The van der Waals surface area contributed by atoms with Crippen molar-refractivity contribution < 1.29 is 0 Å². The Morgan fingerprint density at radius 2 is 2.11 bits per heavy atom. The van der Waals surface area contributed by atoms with Crippen molar-refractivity contribution in [3.8, 4) is 0 Å². The molecule has 0 spiro atoms. The normalized spacial score (nSPS) is 22.3. The van der Waals surface area contributed by atoms with Crippen LogP contribution in [0.2, 0.25) is 5.02 Å². The second-order valence-corrected chi connectivity index (χ2v) is 5.77. The summed E-state index contributed by atoms with van der Waals surface area (Å²) in [6.07, 6.45) is 2.44. The highest BCUT2D eigenvalue weighted by Crippen LogP contribution is 2.20. The summed E-state index contributed by atoms with van der Waals surface area (Å²) >= 11 is 5.93. The standard InChI is InChI=1S/C15H23ClN2/c1-3-15(13-4-6-14(16)7-5-13)17-10-12-8-9-18(2)11-12/h4-7,12,15,17H,3,8-11H2,1-2H3. The number of nitrogens with zero attached hydrogens (tertiary/aromatic N) is 1. The Morgan fingerprint density at radius 3 is 2.67 bits per heavy atom. The molecule has 18 heavy (non-hydrogen) atoms. The van der Waals surface area contributed by atoms with Crippen molar-refractivity contribution in [3.63, 3.8) is 0 Å². The molecule has 0 aliphatic carbocycles. The van der Waals surface area contributed by atoms with E-state index < -0.39 is 0 Å². The summed E-state index contributed by atoms with van der Waals surface area (Å²) in [5.41, 5.74) is 1.34. The van der Waals surface area contributed by atoms with E-state index in [1.165, 1.54) is 25.1 Å². The van der Waals surface area contributed by atoms with Crippen LogP contribution >= 0.6 is 11.6 Å². The maximum absolute atomic E-state index is 5.93. The summed E-state index contributed by atoms with van der Waals surface area (Å²) in [6.45, 7) is 5.81. The van der Waals surface area contributed by atoms with Crippen LogP contribution < -0.4 is 5.32 Å². The Kier molecular flexibility index (Phi) is 5.04. The molecule has 1 heterocycles. The zero-order valence-electron chi connectivity index (χ0n) is 11.3. The number of hydrogen-bond donors (Lipinski definition) is 1. The Bertz CT molecular complexity index is 363. The monoisotopic (exact) mass is 266 g/mol. The van der Waals surface area contributed by atoms with Crippen molar-refractivity contribution in [3.05, 3.63) is 34.9 Å². The quantitative estimate of drug-likeness (QED) is 0.880. The summed E-state index contributed by atoms with van der Waals surface area (Å²) in [5, 5.41) is 4.51. The average molecular weight is 267 g/mol. The second kappa shape index (κ2) is 6.55. The van der Waals surface area contributed by atoms with Gasteiger partial charge in [-0.15, -0.1) is 0 Å². The Morgan fingerprint density at radius 1 is 1.39 bits per heavy atom. The molecule has 1 aliphatic rings. The van der Waals surface area contributed by atoms with Crippen LogP contribution in [0.15, 0.2) is 24.3 Å². The molecular formula is C15H23ClN2. The summed E-state index contributed by atoms with van der Waals surface area (Å²) in [6, 6.07) is 8.66. The molecule has 3 heteroatoms. The molecule has 1 aromatic rings. The number of hydrogen-bond acceptors (Lipinski definition) is 2. The minimum Gasteiger partial charge on any atom is -0.310 e. The van der Waals surface area contributed by atoms with Crippen molar-refractivity contribution in [2.75, 3.05) is 26.7 Å². The highest BCUT2D eigenvalue weighted by molar-refractivity contribution is 6.30. The van der Waals surface area contributed by atoms with Crippen LogP contribution in [0.25, 0.3) is 0 Å². The van der Waals surface area contributed by atoms with Gasteiger partial charge in [0.1, 0.15) is 0 Å². The van der Waals surface area contributed by atoms with E-state index in [1.54, 1.807) is 0 Å². The van der Waals surface area contributed by atoms with Gasteiger partial charge < -0.3 is 10.2 Å². The number of likely N-dealkylation sites (tertiary alicyclic amines) is 1. The van der Waals surface area contributed by atoms with Crippen molar-refractivity contribution >= 4 is 11.6 Å². The Balaban J connectivity index is 1.87. The predicted molar refractivity (Wildman–Crippen MR) is 78.1 cm³/mol. The van der Waals surface area contributed by atoms with Gasteiger partial charge >= 0.3 is 0 Å². The summed E-state index contributed by atoms with van der Waals surface area (Å²) in [4.78, 5) is 2.41. The molecule has 0 radical (unpaired) electrons. The molecular weight excluding hydrogens is 244 g/mol. The molecule has 1 fully saturated rings. The first kappa shape index (κ1) is 13.9. The molecule has 1 aliphatic heterocycles. The molecule has 0 bridgehead atoms. The van der Waals surface area contributed by atoms with Gasteiger partial charge in [0.15, 0.2) is 0 Å². The minimum atomic E-state index is 0.452. The van der Waals surface area contributed by atoms with Gasteiger partial charge in [-0.1, -0.05) is 30.7 Å². The van der Waals surface area contributed by atoms with Gasteiger partial charge in [-0.2, -0.15) is 0 Å². The number of benzene rings is 1. The van der Waals surface area contributed by atoms with E-state index in [9.17, 15) is 0 Å². The van der Waals surface area contributed by atoms with Crippen LogP contribution in [0.3, 0.4) is 0 Å². The second-order valence-electron chi connectivity index (χ2n) is 5.34. The molecule has 0 saturated carbocycles. The molecule has 100 valence electrons. The van der Waals surface area contributed by atoms with Crippen molar-refractivity contribution in [1.82, 2.24) is 10.2 Å². The summed E-state index contributed by atoms with van der Waals surface area (Å²) in [5.74, 6) is 0.802. The van der Waals surface area contributed by atoms with Gasteiger partial charge in [0.2, 0.25) is 0 Å². The topological polar surface area (TPSA) is 15.3 Å². The fourth-order valence-electron chi connectivity index (χ4n) is 2.69. The Labute approximate surface area is 115 Å². The lowest BCUT2D eigenvalue weighted by atomic mass is 10.0. The van der Waals surface area contributed by atoms with E-state index >= 15 is 0 Å². The molecule has 1 saturated heterocycles. The summed E-state index contributed by atoms with van der Waals surface area (Å²) in [7, 11) is 2.20. The molecule has 2 rings (SSSR count). The van der Waals surface area contributed by atoms with Gasteiger partial charge in [-0.3, -0.25) is 0 Å². The number of halogens is 1. The molecule has 1 N–H and O–H groups in total. The Hall–Kier alpha value is -0.570. The van der Waals surface area contributed by atoms with Crippen molar-refractivity contribution in [1.29, 1.82) is 0 Å². The van der Waals surface area contributed by atoms with Crippen LogP contribution in [-0.2, 0) is 0 Å². The summed E-state index contributed by atoms with van der Waals surface area (Å²) < 4.78 is 0. The predicted octanol–water partition coefficient (Wildman–Crippen LogP) is 3.33. The lowest BCUT2D eigenvalue weighted by molar-refractivity contribution is 0.377. The highest BCUT2D eigenvalue weighted by atomic mass is 35.5. The SMILES string of the molecule is CCC(NCC1CCN(C)C1)c1ccc(Cl)cc1. The van der Waals surface area contributed by atoms with E-state index in [-0.39, 0.29) is 0 Å². The smallest absolute Gasteiger partial charge is 0.0406 e. The molecule has 2 nitrogen and oxygen atoms in total. The van der Waals surface area contributed by atoms with Crippen LogP contribution in [0.1, 0.15) is 31.4 Å². The zero-order chi connectivity index (χ0) is 13.0. The molecule has 1 aromatic carbocycles. The van der Waals surface area contributed by atoms with E-state index in [4.69, 9.17) is 11.6 Å². The third-order valence-corrected chi connectivity index (χ3v) is 4.07.